The molecule has 0 fully saturated rings. The largest absolute Gasteiger partial charge is 2.00 e. The normalized spacial score (nSPS) is 8.00. The van der Waals surface area contributed by atoms with Crippen LogP contribution in [0.4, 0.5) is 0 Å². The average molecular weight is 98.4 g/mol. The molecule has 0 saturated carbocycles. The molecule has 0 rings (SSSR count). The van der Waals surface area contributed by atoms with Crippen LogP contribution in [0, 0.1) is 0 Å². The predicted molar refractivity (Wildman–Crippen MR) is 19.8 cm³/mol. The third-order valence-electron chi connectivity index (χ3n) is 0.333. The molecular formula is C3H6MgO2. The van der Waals surface area contributed by atoms with Crippen LogP contribution in [0.2, 0.25) is 0 Å². The maximum Gasteiger partial charge on any atom is 2.00 e. The Kier molecular flexibility index (Phi) is 9.33. The van der Waals surface area contributed by atoms with Crippen molar-refractivity contribution >= 4 is 23.1 Å². The van der Waals surface area contributed by atoms with Crippen molar-refractivity contribution < 1.29 is 10.2 Å². The summed E-state index contributed by atoms with van der Waals surface area (Å²) >= 11 is 0. The van der Waals surface area contributed by atoms with Gasteiger partial charge in [0.2, 0.25) is 0 Å². The van der Waals surface area contributed by atoms with Gasteiger partial charge in [-0.3, -0.25) is 0 Å². The predicted octanol–water partition coefficient (Wildman–Crippen LogP) is -1.94. The van der Waals surface area contributed by atoms with Crippen molar-refractivity contribution in [2.24, 2.45) is 0 Å². The van der Waals surface area contributed by atoms with Crippen LogP contribution < -0.4 is 10.2 Å². The van der Waals surface area contributed by atoms with Gasteiger partial charge >= 0.3 is 23.1 Å². The van der Waals surface area contributed by atoms with Crippen LogP contribution in [0.15, 0.2) is 0 Å². The van der Waals surface area contributed by atoms with E-state index < -0.39 is 6.29 Å². The average Bonchev–Trinajstić information content (AvgIpc) is 1.38. The molecule has 0 amide bonds. The zero-order valence-corrected chi connectivity index (χ0v) is 5.22. The first-order chi connectivity index (χ1) is 2.27. The molecular weight excluding hydrogens is 92.3 g/mol. The van der Waals surface area contributed by atoms with Crippen molar-refractivity contribution in [2.75, 3.05) is 0 Å². The Morgan fingerprint density at radius 3 is 1.67 bits per heavy atom. The number of hydrogen-bond donors (Lipinski definition) is 0. The van der Waals surface area contributed by atoms with Crippen LogP contribution in [0.5, 0.6) is 0 Å². The van der Waals surface area contributed by atoms with E-state index in [2.05, 4.69) is 0 Å². The molecule has 0 aromatic rings. The molecule has 0 aliphatic carbocycles. The van der Waals surface area contributed by atoms with Gasteiger partial charge in [0.05, 0.1) is 0 Å². The van der Waals surface area contributed by atoms with E-state index in [1.54, 1.807) is 6.92 Å². The molecule has 0 bridgehead atoms. The van der Waals surface area contributed by atoms with Gasteiger partial charge < -0.3 is 10.2 Å². The first-order valence-corrected chi connectivity index (χ1v) is 1.59. The van der Waals surface area contributed by atoms with Gasteiger partial charge in [0.25, 0.3) is 0 Å². The van der Waals surface area contributed by atoms with Crippen LogP contribution in [-0.4, -0.2) is 29.3 Å². The molecule has 6 heavy (non-hydrogen) atoms. The molecule has 0 radical (unpaired) electrons. The molecule has 2 nitrogen and oxygen atoms in total. The third kappa shape index (κ3) is 8.82. The van der Waals surface area contributed by atoms with E-state index in [-0.39, 0.29) is 29.5 Å². The molecule has 0 heterocycles. The van der Waals surface area contributed by atoms with Crippen LogP contribution in [0.3, 0.4) is 0 Å². The Morgan fingerprint density at radius 2 is 1.67 bits per heavy atom. The first-order valence-electron chi connectivity index (χ1n) is 1.59. The van der Waals surface area contributed by atoms with Crippen molar-refractivity contribution in [2.45, 2.75) is 19.6 Å². The maximum absolute atomic E-state index is 9.34. The zero-order valence-electron chi connectivity index (χ0n) is 3.81. The van der Waals surface area contributed by atoms with E-state index in [0.29, 0.717) is 0 Å². The molecule has 0 aromatic carbocycles. The van der Waals surface area contributed by atoms with Gasteiger partial charge in [-0.15, -0.1) is 0 Å². The standard InChI is InChI=1S/C3H6O2.Mg/c1-2-3(4)5;/h3H,2H2,1H3;/q-2;+2. The second-order valence-electron chi connectivity index (χ2n) is 0.838. The summed E-state index contributed by atoms with van der Waals surface area (Å²) in [4.78, 5) is 0. The molecule has 3 heteroatoms. The molecule has 0 N–H and O–H groups in total. The summed E-state index contributed by atoms with van der Waals surface area (Å²) in [5.74, 6) is 0. The summed E-state index contributed by atoms with van der Waals surface area (Å²) in [6.07, 6.45) is -1.42. The fraction of sp³-hybridized carbons (Fsp3) is 1.00. The minimum atomic E-state index is -1.62. The van der Waals surface area contributed by atoms with Crippen LogP contribution in [0.1, 0.15) is 13.3 Å². The first kappa shape index (κ1) is 9.84. The number of rotatable bonds is 1. The van der Waals surface area contributed by atoms with E-state index in [1.807, 2.05) is 0 Å². The Morgan fingerprint density at radius 1 is 1.50 bits per heavy atom. The smallest absolute Gasteiger partial charge is 0.865 e. The van der Waals surface area contributed by atoms with E-state index >= 15 is 0 Å². The minimum absolute atomic E-state index is 0. The van der Waals surface area contributed by atoms with Gasteiger partial charge in [0.15, 0.2) is 0 Å². The SMILES string of the molecule is CCC([O-])[O-].[Mg+2]. The van der Waals surface area contributed by atoms with E-state index in [0.717, 1.165) is 0 Å². The molecule has 0 aromatic heterocycles. The molecule has 32 valence electrons. The summed E-state index contributed by atoms with van der Waals surface area (Å²) < 4.78 is 0. The molecule has 0 spiro atoms. The minimum Gasteiger partial charge on any atom is -0.865 e. The monoisotopic (exact) mass is 98.0 g/mol. The summed E-state index contributed by atoms with van der Waals surface area (Å²) in [7, 11) is 0. The maximum atomic E-state index is 9.34. The topological polar surface area (TPSA) is 46.1 Å². The molecule has 0 aliphatic rings. The van der Waals surface area contributed by atoms with Gasteiger partial charge in [-0.2, -0.15) is 0 Å². The molecule has 0 aliphatic heterocycles. The van der Waals surface area contributed by atoms with E-state index in [4.69, 9.17) is 0 Å². The second kappa shape index (κ2) is 5.69. The van der Waals surface area contributed by atoms with E-state index in [1.165, 1.54) is 0 Å². The van der Waals surface area contributed by atoms with Crippen LogP contribution in [0.25, 0.3) is 0 Å². The Hall–Kier alpha value is 0.686. The summed E-state index contributed by atoms with van der Waals surface area (Å²) in [5, 5.41) is 18.7. The fourth-order valence-electron chi connectivity index (χ4n) is 0. The van der Waals surface area contributed by atoms with Crippen LogP contribution >= 0.6 is 0 Å². The summed E-state index contributed by atoms with van der Waals surface area (Å²) in [5.41, 5.74) is 0. The van der Waals surface area contributed by atoms with Gasteiger partial charge in [-0.25, -0.2) is 6.29 Å². The van der Waals surface area contributed by atoms with Crippen molar-refractivity contribution in [1.29, 1.82) is 0 Å². The van der Waals surface area contributed by atoms with Crippen molar-refractivity contribution in [1.82, 2.24) is 0 Å². The summed E-state index contributed by atoms with van der Waals surface area (Å²) in [6, 6.07) is 0. The van der Waals surface area contributed by atoms with Crippen molar-refractivity contribution in [3.63, 3.8) is 0 Å². The Bertz CT molecular complexity index is 22.8. The van der Waals surface area contributed by atoms with Gasteiger partial charge in [-0.1, -0.05) is 13.3 Å². The summed E-state index contributed by atoms with van der Waals surface area (Å²) in [6.45, 7) is 1.57. The van der Waals surface area contributed by atoms with Gasteiger partial charge in [0, 0.05) is 0 Å². The third-order valence-corrected chi connectivity index (χ3v) is 0.333. The Labute approximate surface area is 53.3 Å². The molecule has 0 atom stereocenters. The zero-order chi connectivity index (χ0) is 4.28. The van der Waals surface area contributed by atoms with Crippen molar-refractivity contribution in [3.05, 3.63) is 0 Å². The van der Waals surface area contributed by atoms with Crippen LogP contribution in [-0.2, 0) is 0 Å². The fourth-order valence-corrected chi connectivity index (χ4v) is 0. The second-order valence-corrected chi connectivity index (χ2v) is 0.838. The van der Waals surface area contributed by atoms with Crippen molar-refractivity contribution in [3.8, 4) is 0 Å². The van der Waals surface area contributed by atoms with E-state index in [9.17, 15) is 10.2 Å². The van der Waals surface area contributed by atoms with Gasteiger partial charge in [-0.05, 0) is 0 Å². The molecule has 0 unspecified atom stereocenters. The quantitative estimate of drug-likeness (QED) is 0.283. The number of hydrogen-bond acceptors (Lipinski definition) is 2. The molecule has 0 saturated heterocycles. The van der Waals surface area contributed by atoms with Gasteiger partial charge in [0.1, 0.15) is 0 Å². The Balaban J connectivity index is 0.